The van der Waals surface area contributed by atoms with Gasteiger partial charge in [0.25, 0.3) is 0 Å². The molecule has 5 heterocycles. The van der Waals surface area contributed by atoms with E-state index in [2.05, 4.69) is 62.0 Å². The van der Waals surface area contributed by atoms with Crippen LogP contribution in [0.2, 0.25) is 0 Å². The van der Waals surface area contributed by atoms with Gasteiger partial charge < -0.3 is 29.7 Å². The second-order valence-electron chi connectivity index (χ2n) is 16.6. The van der Waals surface area contributed by atoms with E-state index in [1.165, 1.54) is 38.4 Å². The third kappa shape index (κ3) is 10.1. The summed E-state index contributed by atoms with van der Waals surface area (Å²) in [6, 6.07) is 0. The molecule has 0 spiro atoms. The molecule has 0 radical (unpaired) electrons. The maximum Gasteiger partial charge on any atom is 2.00 e. The van der Waals surface area contributed by atoms with Gasteiger partial charge in [-0.05, 0) is 82.8 Å². The number of aromatic nitrogens is 3. The molecule has 1 aliphatic carbocycles. The van der Waals surface area contributed by atoms with Crippen molar-refractivity contribution in [1.29, 1.82) is 0 Å². The van der Waals surface area contributed by atoms with Crippen molar-refractivity contribution in [3.05, 3.63) is 102 Å². The summed E-state index contributed by atoms with van der Waals surface area (Å²) in [7, 11) is 1.29. The Morgan fingerprint density at radius 3 is 2.25 bits per heavy atom. The number of ether oxygens (including phenoxy) is 2. The Labute approximate surface area is 373 Å². The molecule has 318 valence electrons. The Balaban J connectivity index is 0.00000193. The van der Waals surface area contributed by atoms with E-state index in [4.69, 9.17) is 29.7 Å². The van der Waals surface area contributed by atoms with E-state index in [0.29, 0.717) is 40.2 Å². The number of fused-ring (bicyclic) bond motifs is 7. The summed E-state index contributed by atoms with van der Waals surface area (Å²) in [6.07, 6.45) is 18.1. The van der Waals surface area contributed by atoms with Crippen LogP contribution in [-0.2, 0) is 25.5 Å². The number of carbonyl (C=O) groups excluding carboxylic acids is 3. The molecule has 0 amide bonds. The fourth-order valence-corrected chi connectivity index (χ4v) is 8.74. The molecule has 2 aliphatic heterocycles. The first kappa shape index (κ1) is 48.4. The maximum absolute atomic E-state index is 14.3. The molecule has 3 aliphatic rings. The predicted molar refractivity (Wildman–Crippen MR) is 244 cm³/mol. The molecule has 60 heavy (non-hydrogen) atoms. The van der Waals surface area contributed by atoms with Gasteiger partial charge in [-0.2, -0.15) is 11.4 Å². The third-order valence-electron chi connectivity index (χ3n) is 12.1. The summed E-state index contributed by atoms with van der Waals surface area (Å²) in [4.78, 5) is 56.2. The molecule has 0 saturated carbocycles. The molecule has 10 heteroatoms. The van der Waals surface area contributed by atoms with Crippen LogP contribution in [0.25, 0.3) is 35.2 Å². The minimum Gasteiger partial charge on any atom is -0.664 e. The van der Waals surface area contributed by atoms with Crippen molar-refractivity contribution < 1.29 is 23.9 Å². The molecule has 3 aromatic rings. The third-order valence-corrected chi connectivity index (χ3v) is 12.1. The van der Waals surface area contributed by atoms with Crippen LogP contribution >= 0.6 is 0 Å². The summed E-state index contributed by atoms with van der Waals surface area (Å²) in [5, 5.41) is 6.80. The molecule has 1 saturated heterocycles. The van der Waals surface area contributed by atoms with Crippen LogP contribution in [0.1, 0.15) is 161 Å². The zero-order valence-corrected chi connectivity index (χ0v) is 39.4. The van der Waals surface area contributed by atoms with Crippen molar-refractivity contribution in [2.24, 2.45) is 23.7 Å². The Kier molecular flexibility index (Phi) is 17.3. The average molecular weight is 825 g/mol. The number of methoxy groups -OCH3 is 1. The predicted octanol–water partition coefficient (Wildman–Crippen LogP) is 8.95. The average Bonchev–Trinajstić information content (AvgIpc) is 3.94. The number of rotatable bonds is 14. The first-order valence-corrected chi connectivity index (χ1v) is 21.7. The van der Waals surface area contributed by atoms with Gasteiger partial charge in [-0.3, -0.25) is 14.4 Å². The fourth-order valence-electron chi connectivity index (χ4n) is 8.74. The second kappa shape index (κ2) is 21.5. The molecule has 8 bridgehead atoms. The van der Waals surface area contributed by atoms with Gasteiger partial charge in [-0.15, -0.1) is 33.5 Å². The monoisotopic (exact) mass is 824 g/mol. The SMILES string of the molecule is C=Cc1c2[n-]c(c1C)/C=C1\[N-]/C(=C3\c4[n-]c(c(C)c4C(=O)[C@@H]3C(=O)OC)/C=c3\[n-]/c(c(C)c3CC)=C\2)[C@@H](CCC(=O)OC/C=C(\C)CCC[C@H](C)CCC)[C@@H]1C.CCC.[Mg+2]. The molecule has 4 atom stereocenters. The van der Waals surface area contributed by atoms with Crippen molar-refractivity contribution in [1.82, 2.24) is 15.0 Å². The number of ketones is 1. The molecule has 9 nitrogen and oxygen atoms in total. The van der Waals surface area contributed by atoms with Crippen molar-refractivity contribution in [3.63, 3.8) is 0 Å². The van der Waals surface area contributed by atoms with Gasteiger partial charge in [0.1, 0.15) is 12.5 Å². The van der Waals surface area contributed by atoms with Crippen molar-refractivity contribution in [2.75, 3.05) is 13.7 Å². The second-order valence-corrected chi connectivity index (χ2v) is 16.6. The van der Waals surface area contributed by atoms with Crippen LogP contribution in [0.3, 0.4) is 0 Å². The number of allylic oxidation sites excluding steroid dienone is 3. The van der Waals surface area contributed by atoms with Gasteiger partial charge in [0.2, 0.25) is 0 Å². The Hall–Kier alpha value is -4.28. The Morgan fingerprint density at radius 1 is 0.917 bits per heavy atom. The van der Waals surface area contributed by atoms with Gasteiger partial charge in [-0.25, -0.2) is 0 Å². The summed E-state index contributed by atoms with van der Waals surface area (Å²) >= 11 is 0. The van der Waals surface area contributed by atoms with Crippen LogP contribution in [0.4, 0.5) is 0 Å². The van der Waals surface area contributed by atoms with Crippen molar-refractivity contribution in [3.8, 4) is 0 Å². The van der Waals surface area contributed by atoms with Crippen LogP contribution in [-0.4, -0.2) is 54.5 Å². The number of nitrogens with zero attached hydrogens (tertiary/aromatic N) is 4. The number of esters is 2. The van der Waals surface area contributed by atoms with E-state index in [9.17, 15) is 14.4 Å². The maximum atomic E-state index is 14.3. The molecular formula is C50H64MgN4O5-2. The smallest absolute Gasteiger partial charge is 0.664 e. The van der Waals surface area contributed by atoms with E-state index in [-0.39, 0.29) is 59.7 Å². The molecule has 0 N–H and O–H groups in total. The Bertz CT molecular complexity index is 2300. The molecule has 3 aromatic heterocycles. The van der Waals surface area contributed by atoms with Gasteiger partial charge in [0, 0.05) is 12.0 Å². The first-order valence-electron chi connectivity index (χ1n) is 21.7. The number of hydrogen-bond donors (Lipinski definition) is 0. The van der Waals surface area contributed by atoms with Crippen molar-refractivity contribution >= 4 is 70.7 Å². The quantitative estimate of drug-likeness (QED) is 0.0683. The Morgan fingerprint density at radius 2 is 1.60 bits per heavy atom. The molecule has 0 aromatic carbocycles. The van der Waals surface area contributed by atoms with E-state index in [0.717, 1.165) is 75.2 Å². The van der Waals surface area contributed by atoms with Crippen LogP contribution in [0.15, 0.2) is 29.6 Å². The van der Waals surface area contributed by atoms with Crippen LogP contribution in [0.5, 0.6) is 0 Å². The summed E-state index contributed by atoms with van der Waals surface area (Å²) in [5.41, 5.74) is 10.7. The van der Waals surface area contributed by atoms with Gasteiger partial charge in [0.15, 0.2) is 5.78 Å². The van der Waals surface area contributed by atoms with Gasteiger partial charge in [0.05, 0.1) is 7.11 Å². The zero-order chi connectivity index (χ0) is 43.1. The van der Waals surface area contributed by atoms with E-state index in [1.807, 2.05) is 44.2 Å². The minimum atomic E-state index is -1.22. The van der Waals surface area contributed by atoms with Crippen LogP contribution < -0.4 is 25.7 Å². The first-order chi connectivity index (χ1) is 28.2. The minimum absolute atomic E-state index is 0. The summed E-state index contributed by atoms with van der Waals surface area (Å²) in [5.74, 6) is -2.31. The summed E-state index contributed by atoms with van der Waals surface area (Å²) < 4.78 is 10.9. The summed E-state index contributed by atoms with van der Waals surface area (Å²) in [6.45, 7) is 25.3. The van der Waals surface area contributed by atoms with Crippen molar-refractivity contribution in [2.45, 2.75) is 127 Å². The van der Waals surface area contributed by atoms with Gasteiger partial charge in [-0.1, -0.05) is 132 Å². The molecule has 6 rings (SSSR count). The number of hydrogen-bond acceptors (Lipinski definition) is 5. The zero-order valence-electron chi connectivity index (χ0n) is 38.0. The van der Waals surface area contributed by atoms with Gasteiger partial charge >= 0.3 is 35.0 Å². The fraction of sp³-hybridized carbons (Fsp3) is 0.500. The topological polar surface area (TPSA) is 126 Å². The van der Waals surface area contributed by atoms with E-state index < -0.39 is 11.9 Å². The normalized spacial score (nSPS) is 21.5. The molecular weight excluding hydrogens is 761 g/mol. The largest absolute Gasteiger partial charge is 2.00 e. The number of Topliss-reactive ketones (excluding diaryl/α,β-unsaturated/α-hetero) is 1. The number of carbonyl (C=O) groups is 3. The molecule has 0 unspecified atom stereocenters. The molecule has 1 fully saturated rings. The standard InChI is InChI=1S/C47H57N4O5.C3H8.Mg/c1-11-15-25(4)16-14-17-26(5)20-21-56-40(52)19-18-33-29(8)36-22-34-27(6)31(12-2)38(48-34)23-35-28(7)32(13-3)39(49-35)24-37-30(9)41-45(51-37)42(44(33)50-36)43(46(41)53)47(54)55-10;1-3-2;/h12,20,22-25,29,33,43H,2,11,13-19,21H2,1,3-10H3,(H-,50,51,53);3H2,1-2H3;/q-3;;+2/p-1/b26-20+,35-23-,36-22-,39-24-;;/t25-,29+,33+,43-;;/m1../s1. The van der Waals surface area contributed by atoms with E-state index >= 15 is 0 Å². The van der Waals surface area contributed by atoms with E-state index in [1.54, 1.807) is 0 Å². The van der Waals surface area contributed by atoms with Crippen LogP contribution in [0, 0.1) is 44.4 Å².